The molecule has 2 heterocycles. The molecule has 0 aromatic carbocycles. The third kappa shape index (κ3) is 1.01. The maximum absolute atomic E-state index is 7.60. The number of nitrogens with one attached hydrogen (secondary N) is 1. The lowest BCUT2D eigenvalue weighted by atomic mass is 9.56. The van der Waals surface area contributed by atoms with Gasteiger partial charge in [0.2, 0.25) is 0 Å². The Labute approximate surface area is 94.2 Å². The lowest BCUT2D eigenvalue weighted by Gasteiger charge is -2.67. The zero-order valence-corrected chi connectivity index (χ0v) is 9.22. The number of aryl methyl sites for hydroxylation is 1. The maximum Gasteiger partial charge on any atom is 0.132 e. The first kappa shape index (κ1) is 9.72. The summed E-state index contributed by atoms with van der Waals surface area (Å²) in [5, 5.41) is 7.60. The number of anilines is 1. The summed E-state index contributed by atoms with van der Waals surface area (Å²) in [5.74, 6) is 1.35. The largest absolute Gasteiger partial charge is 0.345 e. The van der Waals surface area contributed by atoms with Crippen LogP contribution in [-0.2, 0) is 0 Å². The van der Waals surface area contributed by atoms with Crippen molar-refractivity contribution in [2.45, 2.75) is 24.9 Å². The fourth-order valence-corrected chi connectivity index (χ4v) is 2.88. The molecule has 84 valence electrons. The molecule has 1 aliphatic carbocycles. The minimum atomic E-state index is -0.153. The number of fused-ring (bicyclic) bond motifs is 1. The second-order valence-corrected chi connectivity index (χ2v) is 4.74. The van der Waals surface area contributed by atoms with E-state index in [1.165, 1.54) is 6.21 Å². The number of aromatic nitrogens is 2. The summed E-state index contributed by atoms with van der Waals surface area (Å²) in [5.41, 5.74) is 6.74. The predicted octanol–water partition coefficient (Wildman–Crippen LogP) is 0.341. The molecule has 5 nitrogen and oxygen atoms in total. The van der Waals surface area contributed by atoms with E-state index in [1.807, 2.05) is 13.0 Å². The molecule has 1 aliphatic heterocycles. The lowest BCUT2D eigenvalue weighted by molar-refractivity contribution is 0.0738. The van der Waals surface area contributed by atoms with E-state index in [4.69, 9.17) is 11.1 Å². The van der Waals surface area contributed by atoms with Crippen molar-refractivity contribution in [2.24, 2.45) is 11.7 Å². The van der Waals surface area contributed by atoms with Gasteiger partial charge in [-0.1, -0.05) is 0 Å². The van der Waals surface area contributed by atoms with Crippen LogP contribution in [0.2, 0.25) is 0 Å². The fourth-order valence-electron chi connectivity index (χ4n) is 2.88. The molecule has 0 amide bonds. The summed E-state index contributed by atoms with van der Waals surface area (Å²) in [6.07, 6.45) is 3.97. The molecule has 0 radical (unpaired) electrons. The first-order chi connectivity index (χ1) is 7.67. The van der Waals surface area contributed by atoms with Crippen LogP contribution in [-0.4, -0.2) is 34.3 Å². The van der Waals surface area contributed by atoms with Crippen molar-refractivity contribution in [2.75, 3.05) is 11.4 Å². The first-order valence-corrected chi connectivity index (χ1v) is 5.51. The van der Waals surface area contributed by atoms with Gasteiger partial charge in [-0.25, -0.2) is 9.97 Å². The van der Waals surface area contributed by atoms with Gasteiger partial charge in [0.15, 0.2) is 0 Å². The number of piperidine rings is 1. The van der Waals surface area contributed by atoms with Crippen LogP contribution in [0.15, 0.2) is 12.4 Å². The maximum atomic E-state index is 7.60. The van der Waals surface area contributed by atoms with Crippen molar-refractivity contribution in [3.05, 3.63) is 18.1 Å². The fraction of sp³-hybridized carbons (Fsp3) is 0.545. The minimum absolute atomic E-state index is 0.153. The number of hydrogen-bond acceptors (Lipinski definition) is 5. The predicted molar refractivity (Wildman–Crippen MR) is 61.7 cm³/mol. The van der Waals surface area contributed by atoms with Gasteiger partial charge in [-0.3, -0.25) is 0 Å². The molecule has 2 fully saturated rings. The number of rotatable bonds is 2. The van der Waals surface area contributed by atoms with Gasteiger partial charge in [0.1, 0.15) is 12.1 Å². The Morgan fingerprint density at radius 3 is 3.00 bits per heavy atom. The van der Waals surface area contributed by atoms with Gasteiger partial charge in [0.05, 0.1) is 5.54 Å². The summed E-state index contributed by atoms with van der Waals surface area (Å²) in [6, 6.07) is 2.21. The third-order valence-corrected chi connectivity index (χ3v) is 3.92. The first-order valence-electron chi connectivity index (χ1n) is 5.51. The molecular formula is C11H15N5. The minimum Gasteiger partial charge on any atom is -0.345 e. The zero-order chi connectivity index (χ0) is 11.3. The molecule has 3 rings (SSSR count). The van der Waals surface area contributed by atoms with Crippen LogP contribution in [0.3, 0.4) is 0 Å². The van der Waals surface area contributed by atoms with Gasteiger partial charge >= 0.3 is 0 Å². The number of hydrogen-bond donors (Lipinski definition) is 2. The highest BCUT2D eigenvalue weighted by atomic mass is 15.3. The van der Waals surface area contributed by atoms with E-state index in [0.717, 1.165) is 24.5 Å². The van der Waals surface area contributed by atoms with Crippen LogP contribution < -0.4 is 10.6 Å². The molecule has 0 bridgehead atoms. The van der Waals surface area contributed by atoms with E-state index in [-0.39, 0.29) is 11.6 Å². The average molecular weight is 217 g/mol. The van der Waals surface area contributed by atoms with E-state index < -0.39 is 0 Å². The van der Waals surface area contributed by atoms with Gasteiger partial charge in [0.25, 0.3) is 0 Å². The smallest absolute Gasteiger partial charge is 0.132 e. The molecule has 2 aliphatic rings. The Morgan fingerprint density at radius 1 is 1.62 bits per heavy atom. The average Bonchev–Trinajstić information content (AvgIpc) is 2.25. The summed E-state index contributed by atoms with van der Waals surface area (Å²) < 4.78 is 0. The van der Waals surface area contributed by atoms with E-state index in [9.17, 15) is 0 Å². The van der Waals surface area contributed by atoms with E-state index in [1.54, 1.807) is 6.33 Å². The normalized spacial score (nSPS) is 36.0. The van der Waals surface area contributed by atoms with E-state index in [0.29, 0.717) is 5.92 Å². The number of nitrogens with two attached hydrogens (primary N) is 1. The van der Waals surface area contributed by atoms with Crippen molar-refractivity contribution in [1.29, 1.82) is 5.41 Å². The van der Waals surface area contributed by atoms with Crippen LogP contribution in [0.4, 0.5) is 5.82 Å². The second-order valence-electron chi connectivity index (χ2n) is 4.74. The van der Waals surface area contributed by atoms with E-state index >= 15 is 0 Å². The molecule has 1 aromatic rings. The Balaban J connectivity index is 1.91. The van der Waals surface area contributed by atoms with Crippen molar-refractivity contribution < 1.29 is 0 Å². The van der Waals surface area contributed by atoms with Crippen LogP contribution in [0.25, 0.3) is 0 Å². The second kappa shape index (κ2) is 3.01. The Morgan fingerprint density at radius 2 is 2.44 bits per heavy atom. The molecule has 0 spiro atoms. The highest BCUT2D eigenvalue weighted by Gasteiger charge is 2.63. The highest BCUT2D eigenvalue weighted by molar-refractivity contribution is 5.80. The van der Waals surface area contributed by atoms with Gasteiger partial charge in [-0.05, 0) is 13.3 Å². The molecule has 1 aromatic heterocycles. The standard InChI is InChI=1S/C11H15N5/c1-7-2-10(15-6-14-7)16-4-8-9(13)3-11(8,16)5-12/h2,5-6,8-9,12H,3-4,13H2,1H3/t8-,9+,11?/m0/s1. The Kier molecular flexibility index (Phi) is 1.83. The molecule has 16 heavy (non-hydrogen) atoms. The van der Waals surface area contributed by atoms with Gasteiger partial charge in [-0.2, -0.15) is 0 Å². The zero-order valence-electron chi connectivity index (χ0n) is 9.22. The monoisotopic (exact) mass is 217 g/mol. The quantitative estimate of drug-likeness (QED) is 0.700. The van der Waals surface area contributed by atoms with Gasteiger partial charge in [-0.15, -0.1) is 0 Å². The molecule has 5 heteroatoms. The van der Waals surface area contributed by atoms with Crippen LogP contribution >= 0.6 is 0 Å². The highest BCUT2D eigenvalue weighted by Crippen LogP contribution is 2.51. The van der Waals surface area contributed by atoms with Crippen molar-refractivity contribution in [3.8, 4) is 0 Å². The molecular weight excluding hydrogens is 202 g/mol. The van der Waals surface area contributed by atoms with Crippen LogP contribution in [0.5, 0.6) is 0 Å². The summed E-state index contributed by atoms with van der Waals surface area (Å²) in [4.78, 5) is 10.5. The topological polar surface area (TPSA) is 78.9 Å². The molecule has 3 N–H and O–H groups in total. The molecule has 1 saturated heterocycles. The molecule has 3 atom stereocenters. The summed E-state index contributed by atoms with van der Waals surface area (Å²) >= 11 is 0. The lowest BCUT2D eigenvalue weighted by Crippen LogP contribution is -2.81. The van der Waals surface area contributed by atoms with E-state index in [2.05, 4.69) is 14.9 Å². The SMILES string of the molecule is Cc1cc(N2C[C@H]3[C@H](N)CC32C=N)ncn1. The van der Waals surface area contributed by atoms with Crippen molar-refractivity contribution in [3.63, 3.8) is 0 Å². The Bertz CT molecular complexity index is 446. The van der Waals surface area contributed by atoms with Crippen molar-refractivity contribution in [1.82, 2.24) is 9.97 Å². The van der Waals surface area contributed by atoms with Crippen molar-refractivity contribution >= 4 is 12.0 Å². The number of nitrogens with zero attached hydrogens (tertiary/aromatic N) is 3. The summed E-state index contributed by atoms with van der Waals surface area (Å²) in [7, 11) is 0. The molecule has 1 saturated carbocycles. The summed E-state index contributed by atoms with van der Waals surface area (Å²) in [6.45, 7) is 2.86. The Hall–Kier alpha value is -1.49. The molecule has 1 unspecified atom stereocenters. The third-order valence-electron chi connectivity index (χ3n) is 3.92. The van der Waals surface area contributed by atoms with Crippen LogP contribution in [0, 0.1) is 18.3 Å². The van der Waals surface area contributed by atoms with Gasteiger partial charge in [0, 0.05) is 36.5 Å². The van der Waals surface area contributed by atoms with Crippen LogP contribution in [0.1, 0.15) is 12.1 Å². The van der Waals surface area contributed by atoms with Gasteiger partial charge < -0.3 is 16.0 Å².